The van der Waals surface area contributed by atoms with E-state index in [1.165, 1.54) is 0 Å². The van der Waals surface area contributed by atoms with Gasteiger partial charge in [-0.3, -0.25) is 4.98 Å². The summed E-state index contributed by atoms with van der Waals surface area (Å²) in [6, 6.07) is 8.00. The zero-order valence-electron chi connectivity index (χ0n) is 13.1. The van der Waals surface area contributed by atoms with Gasteiger partial charge in [-0.2, -0.15) is 0 Å². The van der Waals surface area contributed by atoms with Crippen molar-refractivity contribution in [2.24, 2.45) is 0 Å². The molecule has 22 heavy (non-hydrogen) atoms. The Morgan fingerprint density at radius 3 is 2.82 bits per heavy atom. The Morgan fingerprint density at radius 2 is 2.05 bits per heavy atom. The SMILES string of the molecule is CC(C)(C)OC(=O)NCCC#Cc1cncc2ccccc12. The van der Waals surface area contributed by atoms with Crippen molar-refractivity contribution in [3.63, 3.8) is 0 Å². The molecule has 0 bridgehead atoms. The van der Waals surface area contributed by atoms with Gasteiger partial charge < -0.3 is 10.1 Å². The fraction of sp³-hybridized carbons (Fsp3) is 0.333. The number of benzene rings is 1. The summed E-state index contributed by atoms with van der Waals surface area (Å²) < 4.78 is 5.15. The third-order valence-corrected chi connectivity index (χ3v) is 2.81. The minimum absolute atomic E-state index is 0.416. The van der Waals surface area contributed by atoms with Crippen molar-refractivity contribution in [3.05, 3.63) is 42.2 Å². The predicted octanol–water partition coefficient (Wildman–Crippen LogP) is 3.50. The molecule has 0 fully saturated rings. The van der Waals surface area contributed by atoms with E-state index in [0.29, 0.717) is 13.0 Å². The largest absolute Gasteiger partial charge is 0.444 e. The van der Waals surface area contributed by atoms with Crippen LogP contribution in [0.5, 0.6) is 0 Å². The molecule has 1 amide bonds. The minimum atomic E-state index is -0.482. The van der Waals surface area contributed by atoms with Gasteiger partial charge in [0.2, 0.25) is 0 Å². The highest BCUT2D eigenvalue weighted by Crippen LogP contribution is 2.15. The van der Waals surface area contributed by atoms with Gasteiger partial charge in [-0.15, -0.1) is 0 Å². The number of amides is 1. The van der Waals surface area contributed by atoms with E-state index in [1.54, 1.807) is 6.20 Å². The number of nitrogens with zero attached hydrogens (tertiary/aromatic N) is 1. The number of carbonyl (C=O) groups excluding carboxylic acids is 1. The molecule has 0 radical (unpaired) electrons. The van der Waals surface area contributed by atoms with Crippen LogP contribution in [0.25, 0.3) is 10.8 Å². The molecule has 0 spiro atoms. The fourth-order valence-electron chi connectivity index (χ4n) is 1.92. The summed E-state index contributed by atoms with van der Waals surface area (Å²) in [7, 11) is 0. The molecule has 0 aliphatic rings. The van der Waals surface area contributed by atoms with Crippen molar-refractivity contribution in [2.75, 3.05) is 6.54 Å². The molecule has 1 N–H and O–H groups in total. The molecule has 1 aromatic carbocycles. The van der Waals surface area contributed by atoms with Crippen molar-refractivity contribution in [3.8, 4) is 11.8 Å². The van der Waals surface area contributed by atoms with Gasteiger partial charge in [-0.25, -0.2) is 4.79 Å². The fourth-order valence-corrected chi connectivity index (χ4v) is 1.92. The quantitative estimate of drug-likeness (QED) is 0.681. The molecule has 4 heteroatoms. The minimum Gasteiger partial charge on any atom is -0.444 e. The van der Waals surface area contributed by atoms with Gasteiger partial charge in [-0.05, 0) is 20.8 Å². The second-order valence-electron chi connectivity index (χ2n) is 5.89. The first-order valence-corrected chi connectivity index (χ1v) is 7.24. The maximum Gasteiger partial charge on any atom is 0.407 e. The van der Waals surface area contributed by atoms with Crippen LogP contribution in [0.2, 0.25) is 0 Å². The summed E-state index contributed by atoms with van der Waals surface area (Å²) in [5.74, 6) is 6.16. The Hall–Kier alpha value is -2.54. The third kappa shape index (κ3) is 4.78. The van der Waals surface area contributed by atoms with Gasteiger partial charge in [0.25, 0.3) is 0 Å². The highest BCUT2D eigenvalue weighted by atomic mass is 16.6. The molecule has 0 aliphatic carbocycles. The highest BCUT2D eigenvalue weighted by Gasteiger charge is 2.15. The van der Waals surface area contributed by atoms with Gasteiger partial charge in [0, 0.05) is 36.1 Å². The number of ether oxygens (including phenoxy) is 1. The lowest BCUT2D eigenvalue weighted by molar-refractivity contribution is 0.0529. The Bertz CT molecular complexity index is 716. The molecular formula is C18H20N2O2. The van der Waals surface area contributed by atoms with E-state index in [4.69, 9.17) is 4.74 Å². The lowest BCUT2D eigenvalue weighted by Crippen LogP contribution is -2.32. The summed E-state index contributed by atoms with van der Waals surface area (Å²) >= 11 is 0. The zero-order valence-corrected chi connectivity index (χ0v) is 13.1. The van der Waals surface area contributed by atoms with Crippen LogP contribution in [0.4, 0.5) is 4.79 Å². The standard InChI is InChI=1S/C18H20N2O2/c1-18(2,3)22-17(21)20-11-7-6-9-15-13-19-12-14-8-4-5-10-16(14)15/h4-5,8,10,12-13H,7,11H2,1-3H3,(H,20,21). The van der Waals surface area contributed by atoms with E-state index in [9.17, 15) is 4.79 Å². The Morgan fingerprint density at radius 1 is 1.27 bits per heavy atom. The van der Waals surface area contributed by atoms with Gasteiger partial charge in [-0.1, -0.05) is 36.1 Å². The molecular weight excluding hydrogens is 276 g/mol. The van der Waals surface area contributed by atoms with E-state index in [0.717, 1.165) is 16.3 Å². The number of fused-ring (bicyclic) bond motifs is 1. The van der Waals surface area contributed by atoms with Crippen LogP contribution in [-0.4, -0.2) is 23.2 Å². The topological polar surface area (TPSA) is 51.2 Å². The Balaban J connectivity index is 1.90. The average Bonchev–Trinajstić information content (AvgIpc) is 2.45. The summed E-state index contributed by atoms with van der Waals surface area (Å²) in [5.41, 5.74) is 0.417. The number of nitrogens with one attached hydrogen (secondary N) is 1. The van der Waals surface area contributed by atoms with Crippen LogP contribution >= 0.6 is 0 Å². The number of pyridine rings is 1. The number of alkyl carbamates (subject to hydrolysis) is 1. The van der Waals surface area contributed by atoms with Gasteiger partial charge in [0.1, 0.15) is 5.60 Å². The normalized spacial score (nSPS) is 10.7. The molecule has 1 aromatic heterocycles. The van der Waals surface area contributed by atoms with Crippen LogP contribution in [0, 0.1) is 11.8 Å². The van der Waals surface area contributed by atoms with Crippen LogP contribution < -0.4 is 5.32 Å². The van der Waals surface area contributed by atoms with Crippen molar-refractivity contribution in [1.82, 2.24) is 10.3 Å². The molecule has 2 aromatic rings. The third-order valence-electron chi connectivity index (χ3n) is 2.81. The van der Waals surface area contributed by atoms with E-state index >= 15 is 0 Å². The maximum absolute atomic E-state index is 11.5. The number of rotatable bonds is 2. The first-order chi connectivity index (χ1) is 10.5. The van der Waals surface area contributed by atoms with E-state index < -0.39 is 11.7 Å². The van der Waals surface area contributed by atoms with E-state index in [-0.39, 0.29) is 0 Å². The molecule has 0 saturated carbocycles. The molecule has 1 heterocycles. The second-order valence-corrected chi connectivity index (χ2v) is 5.89. The van der Waals surface area contributed by atoms with E-state index in [2.05, 4.69) is 22.1 Å². The predicted molar refractivity (Wildman–Crippen MR) is 87.5 cm³/mol. The van der Waals surface area contributed by atoms with Crippen molar-refractivity contribution >= 4 is 16.9 Å². The van der Waals surface area contributed by atoms with E-state index in [1.807, 2.05) is 51.2 Å². The molecule has 114 valence electrons. The van der Waals surface area contributed by atoms with Crippen molar-refractivity contribution in [2.45, 2.75) is 32.8 Å². The Labute approximate surface area is 130 Å². The molecule has 4 nitrogen and oxygen atoms in total. The summed E-state index contributed by atoms with van der Waals surface area (Å²) in [6.07, 6.45) is 3.73. The van der Waals surface area contributed by atoms with Gasteiger partial charge >= 0.3 is 6.09 Å². The van der Waals surface area contributed by atoms with Crippen LogP contribution in [0.3, 0.4) is 0 Å². The summed E-state index contributed by atoms with van der Waals surface area (Å²) in [5, 5.41) is 4.84. The summed E-state index contributed by atoms with van der Waals surface area (Å²) in [4.78, 5) is 15.7. The maximum atomic E-state index is 11.5. The molecule has 0 aliphatic heterocycles. The number of carbonyl (C=O) groups is 1. The Kier molecular flexibility index (Phi) is 5.00. The lowest BCUT2D eigenvalue weighted by atomic mass is 10.1. The highest BCUT2D eigenvalue weighted by molar-refractivity contribution is 5.87. The monoisotopic (exact) mass is 296 g/mol. The summed E-state index contributed by atoms with van der Waals surface area (Å²) in [6.45, 7) is 5.96. The number of hydrogen-bond donors (Lipinski definition) is 1. The first-order valence-electron chi connectivity index (χ1n) is 7.24. The van der Waals surface area contributed by atoms with Crippen molar-refractivity contribution in [1.29, 1.82) is 0 Å². The van der Waals surface area contributed by atoms with Gasteiger partial charge in [0.05, 0.1) is 5.56 Å². The lowest BCUT2D eigenvalue weighted by Gasteiger charge is -2.19. The first kappa shape index (κ1) is 15.8. The van der Waals surface area contributed by atoms with Gasteiger partial charge in [0.15, 0.2) is 0 Å². The molecule has 0 unspecified atom stereocenters. The second kappa shape index (κ2) is 6.95. The zero-order chi connectivity index (χ0) is 16.0. The average molecular weight is 296 g/mol. The van der Waals surface area contributed by atoms with Crippen LogP contribution in [-0.2, 0) is 4.74 Å². The number of hydrogen-bond acceptors (Lipinski definition) is 3. The number of aromatic nitrogens is 1. The van der Waals surface area contributed by atoms with Crippen LogP contribution in [0.1, 0.15) is 32.8 Å². The van der Waals surface area contributed by atoms with Crippen molar-refractivity contribution < 1.29 is 9.53 Å². The smallest absolute Gasteiger partial charge is 0.407 e. The van der Waals surface area contributed by atoms with Crippen LogP contribution in [0.15, 0.2) is 36.7 Å². The molecule has 0 atom stereocenters. The molecule has 0 saturated heterocycles. The molecule has 2 rings (SSSR count).